The minimum Gasteiger partial charge on any atom is -0.508 e. The molecule has 0 aliphatic rings. The highest BCUT2D eigenvalue weighted by Gasteiger charge is 2.11. The first kappa shape index (κ1) is 18.1. The van der Waals surface area contributed by atoms with Crippen molar-refractivity contribution in [3.05, 3.63) is 60.6 Å². The molecular weight excluding hydrogens is 350 g/mol. The van der Waals surface area contributed by atoms with Gasteiger partial charge in [-0.05, 0) is 49.5 Å². The molecule has 0 unspecified atom stereocenters. The molecule has 2 N–H and O–H groups in total. The normalized spacial score (nSPS) is 11.4. The van der Waals surface area contributed by atoms with Crippen molar-refractivity contribution in [2.45, 2.75) is 20.4 Å². The molecule has 2 aromatic heterocycles. The monoisotopic (exact) mass is 373 g/mol. The molecule has 2 aromatic carbocycles. The van der Waals surface area contributed by atoms with E-state index in [0.29, 0.717) is 12.3 Å². The molecule has 0 fully saturated rings. The van der Waals surface area contributed by atoms with Gasteiger partial charge in [0.05, 0.1) is 22.1 Å². The van der Waals surface area contributed by atoms with Gasteiger partial charge in [-0.25, -0.2) is 0 Å². The van der Waals surface area contributed by atoms with Crippen LogP contribution in [0.15, 0.2) is 55.0 Å². The molecule has 6 nitrogen and oxygen atoms in total. The summed E-state index contributed by atoms with van der Waals surface area (Å²) in [5.74, 6) is 0.313. The zero-order valence-electron chi connectivity index (χ0n) is 16.1. The van der Waals surface area contributed by atoms with Crippen LogP contribution in [0.2, 0.25) is 0 Å². The van der Waals surface area contributed by atoms with E-state index in [1.165, 1.54) is 0 Å². The number of aromatic hydroxyl groups is 1. The molecule has 0 radical (unpaired) electrons. The molecule has 0 spiro atoms. The molecule has 2 heterocycles. The topological polar surface area (TPSA) is 74.2 Å². The Hall–Kier alpha value is -3.25. The molecule has 6 heteroatoms. The molecule has 142 valence electrons. The maximum atomic E-state index is 10.3. The average molecular weight is 373 g/mol. The number of hydrogen-bond acceptors (Lipinski definition) is 6. The fourth-order valence-corrected chi connectivity index (χ4v) is 3.41. The maximum Gasteiger partial charge on any atom is 0.120 e. The van der Waals surface area contributed by atoms with Crippen LogP contribution in [0.5, 0.6) is 5.75 Å². The summed E-state index contributed by atoms with van der Waals surface area (Å²) in [6.07, 6.45) is 5.17. The number of benzene rings is 2. The smallest absolute Gasteiger partial charge is 0.120 e. The summed E-state index contributed by atoms with van der Waals surface area (Å²) in [4.78, 5) is 15.7. The summed E-state index contributed by atoms with van der Waals surface area (Å²) in [5, 5.41) is 14.7. The number of phenolic OH excluding ortho intramolecular Hbond substituents is 1. The number of nitrogens with one attached hydrogen (secondary N) is 1. The Labute approximate surface area is 163 Å². The van der Waals surface area contributed by atoms with Crippen molar-refractivity contribution in [2.24, 2.45) is 0 Å². The lowest BCUT2D eigenvalue weighted by molar-refractivity contribution is 0.291. The number of phenols is 1. The van der Waals surface area contributed by atoms with E-state index >= 15 is 0 Å². The predicted octanol–water partition coefficient (Wildman–Crippen LogP) is 4.47. The number of pyridine rings is 1. The Morgan fingerprint density at radius 2 is 1.64 bits per heavy atom. The van der Waals surface area contributed by atoms with Crippen LogP contribution in [-0.2, 0) is 6.54 Å². The van der Waals surface area contributed by atoms with Crippen LogP contribution in [0.3, 0.4) is 0 Å². The Balaban J connectivity index is 1.75. The van der Waals surface area contributed by atoms with Gasteiger partial charge in [0, 0.05) is 36.4 Å². The van der Waals surface area contributed by atoms with Crippen LogP contribution >= 0.6 is 0 Å². The summed E-state index contributed by atoms with van der Waals surface area (Å²) in [7, 11) is 0. The predicted molar refractivity (Wildman–Crippen MR) is 113 cm³/mol. The Morgan fingerprint density at radius 1 is 0.893 bits per heavy atom. The largest absolute Gasteiger partial charge is 0.508 e. The molecule has 28 heavy (non-hydrogen) atoms. The van der Waals surface area contributed by atoms with Gasteiger partial charge in [-0.1, -0.05) is 13.8 Å². The molecule has 0 saturated carbocycles. The average Bonchev–Trinajstić information content (AvgIpc) is 2.74. The quantitative estimate of drug-likeness (QED) is 0.384. The van der Waals surface area contributed by atoms with Crippen LogP contribution < -0.4 is 5.32 Å². The van der Waals surface area contributed by atoms with Crippen LogP contribution in [0.4, 0.5) is 11.4 Å². The van der Waals surface area contributed by atoms with Gasteiger partial charge in [0.15, 0.2) is 0 Å². The first-order valence-electron chi connectivity index (χ1n) is 9.49. The Kier molecular flexibility index (Phi) is 5.04. The second kappa shape index (κ2) is 7.78. The zero-order chi connectivity index (χ0) is 19.5. The van der Waals surface area contributed by atoms with Crippen molar-refractivity contribution in [3.8, 4) is 5.75 Å². The zero-order valence-corrected chi connectivity index (χ0v) is 16.1. The van der Waals surface area contributed by atoms with Gasteiger partial charge in [0.1, 0.15) is 11.3 Å². The van der Waals surface area contributed by atoms with Gasteiger partial charge in [-0.3, -0.25) is 19.9 Å². The molecule has 0 aliphatic carbocycles. The fourth-order valence-electron chi connectivity index (χ4n) is 3.41. The van der Waals surface area contributed by atoms with Gasteiger partial charge in [0.2, 0.25) is 0 Å². The fraction of sp³-hybridized carbons (Fsp3) is 0.227. The minimum atomic E-state index is 0.313. The Bertz CT molecular complexity index is 1120. The first-order chi connectivity index (χ1) is 13.7. The number of fused-ring (bicyclic) bond motifs is 3. The van der Waals surface area contributed by atoms with Gasteiger partial charge >= 0.3 is 0 Å². The van der Waals surface area contributed by atoms with Gasteiger partial charge in [-0.15, -0.1) is 0 Å². The highest BCUT2D eigenvalue weighted by atomic mass is 16.3. The first-order valence-corrected chi connectivity index (χ1v) is 9.49. The lowest BCUT2D eigenvalue weighted by Gasteiger charge is -2.19. The van der Waals surface area contributed by atoms with Crippen molar-refractivity contribution < 1.29 is 5.11 Å². The number of nitrogens with zero attached hydrogens (tertiary/aromatic N) is 4. The third kappa shape index (κ3) is 3.46. The summed E-state index contributed by atoms with van der Waals surface area (Å²) in [5.41, 5.74) is 5.23. The van der Waals surface area contributed by atoms with Gasteiger partial charge in [0.25, 0.3) is 0 Å². The van der Waals surface area contributed by atoms with Crippen LogP contribution in [-0.4, -0.2) is 38.0 Å². The van der Waals surface area contributed by atoms with E-state index in [1.807, 2.05) is 30.3 Å². The molecule has 0 saturated heterocycles. The summed E-state index contributed by atoms with van der Waals surface area (Å²) >= 11 is 0. The molecule has 0 bridgehead atoms. The van der Waals surface area contributed by atoms with E-state index in [0.717, 1.165) is 52.0 Å². The summed E-state index contributed by atoms with van der Waals surface area (Å²) < 4.78 is 0. The lowest BCUT2D eigenvalue weighted by Crippen LogP contribution is -2.22. The van der Waals surface area contributed by atoms with E-state index in [-0.39, 0.29) is 0 Å². The van der Waals surface area contributed by atoms with E-state index in [9.17, 15) is 5.11 Å². The van der Waals surface area contributed by atoms with Crippen LogP contribution in [0, 0.1) is 0 Å². The standard InChI is InChI=1S/C22H23N5O/c1-3-27(4-2)14-15-13-16(5-8-20(15)28)26-18-9-10-23-17-6-7-19-22(21(17)18)25-12-11-24-19/h5-13,28H,3-4,14H2,1-2H3,(H,23,26). The van der Waals surface area contributed by atoms with E-state index in [1.54, 1.807) is 24.7 Å². The van der Waals surface area contributed by atoms with E-state index < -0.39 is 0 Å². The molecular formula is C22H23N5O. The summed E-state index contributed by atoms with van der Waals surface area (Å²) in [6.45, 7) is 6.83. The van der Waals surface area contributed by atoms with Crippen molar-refractivity contribution in [1.82, 2.24) is 19.9 Å². The second-order valence-electron chi connectivity index (χ2n) is 6.67. The number of aromatic nitrogens is 3. The maximum absolute atomic E-state index is 10.3. The van der Waals surface area contributed by atoms with Gasteiger partial charge in [-0.2, -0.15) is 0 Å². The summed E-state index contributed by atoms with van der Waals surface area (Å²) in [6, 6.07) is 11.4. The SMILES string of the molecule is CCN(CC)Cc1cc(Nc2ccnc3ccc4nccnc4c23)ccc1O. The Morgan fingerprint density at radius 3 is 2.46 bits per heavy atom. The lowest BCUT2D eigenvalue weighted by atomic mass is 10.1. The van der Waals surface area contributed by atoms with E-state index in [2.05, 4.69) is 39.0 Å². The second-order valence-corrected chi connectivity index (χ2v) is 6.67. The van der Waals surface area contributed by atoms with Crippen LogP contribution in [0.25, 0.3) is 21.9 Å². The van der Waals surface area contributed by atoms with Gasteiger partial charge < -0.3 is 10.4 Å². The van der Waals surface area contributed by atoms with Crippen molar-refractivity contribution in [1.29, 1.82) is 0 Å². The van der Waals surface area contributed by atoms with Crippen molar-refractivity contribution in [3.63, 3.8) is 0 Å². The van der Waals surface area contributed by atoms with Crippen molar-refractivity contribution >= 4 is 33.3 Å². The molecule has 4 rings (SSSR count). The highest BCUT2D eigenvalue weighted by molar-refractivity contribution is 6.09. The van der Waals surface area contributed by atoms with Crippen molar-refractivity contribution in [2.75, 3.05) is 18.4 Å². The molecule has 0 aliphatic heterocycles. The third-order valence-corrected chi connectivity index (χ3v) is 4.99. The highest BCUT2D eigenvalue weighted by Crippen LogP contribution is 2.31. The number of anilines is 2. The van der Waals surface area contributed by atoms with Crippen LogP contribution in [0.1, 0.15) is 19.4 Å². The molecule has 4 aromatic rings. The number of rotatable bonds is 6. The minimum absolute atomic E-state index is 0.313. The molecule has 0 amide bonds. The molecule has 0 atom stereocenters. The number of hydrogen-bond donors (Lipinski definition) is 2. The van der Waals surface area contributed by atoms with E-state index in [4.69, 9.17) is 0 Å². The third-order valence-electron chi connectivity index (χ3n) is 4.99.